The molecule has 0 heteroatoms. The minimum absolute atomic E-state index is 1.15. The normalized spacial score (nSPS) is 13.6. The largest absolute Gasteiger partial charge is 0.0614 e. The van der Waals surface area contributed by atoms with Crippen molar-refractivity contribution in [2.24, 2.45) is 0 Å². The molecule has 0 saturated carbocycles. The topological polar surface area (TPSA) is 0 Å². The van der Waals surface area contributed by atoms with E-state index in [0.29, 0.717) is 0 Å². The van der Waals surface area contributed by atoms with Crippen LogP contribution in [-0.4, -0.2) is 0 Å². The lowest BCUT2D eigenvalue weighted by Crippen LogP contribution is -1.91. The van der Waals surface area contributed by atoms with Crippen LogP contribution in [0.3, 0.4) is 0 Å². The molecule has 110 valence electrons. The van der Waals surface area contributed by atoms with Crippen LogP contribution in [0.1, 0.15) is 17.5 Å². The van der Waals surface area contributed by atoms with Gasteiger partial charge in [-0.15, -0.1) is 0 Å². The van der Waals surface area contributed by atoms with Crippen molar-refractivity contribution in [2.45, 2.75) is 19.3 Å². The molecular weight excluding hydrogens is 276 g/mol. The molecule has 0 radical (unpaired) electrons. The van der Waals surface area contributed by atoms with E-state index >= 15 is 0 Å². The highest BCUT2D eigenvalue weighted by Gasteiger charge is 2.15. The molecule has 4 aromatic carbocycles. The van der Waals surface area contributed by atoms with E-state index in [1.54, 1.807) is 0 Å². The molecule has 4 aromatic rings. The monoisotopic (exact) mass is 294 g/mol. The number of fused-ring (bicyclic) bond motifs is 1. The van der Waals surface area contributed by atoms with Crippen molar-refractivity contribution >= 4 is 21.5 Å². The summed E-state index contributed by atoms with van der Waals surface area (Å²) < 4.78 is 0. The molecule has 0 atom stereocenters. The SMILES string of the molecule is c1cc2c3c(cccc3c1)-c1cccc3cccc(c13)CCC2. The van der Waals surface area contributed by atoms with Gasteiger partial charge in [-0.25, -0.2) is 0 Å². The van der Waals surface area contributed by atoms with E-state index in [9.17, 15) is 0 Å². The van der Waals surface area contributed by atoms with Gasteiger partial charge in [-0.05, 0) is 63.1 Å². The second-order valence-corrected chi connectivity index (χ2v) is 6.50. The van der Waals surface area contributed by atoms with E-state index in [2.05, 4.69) is 72.8 Å². The van der Waals surface area contributed by atoms with Crippen molar-refractivity contribution in [2.75, 3.05) is 0 Å². The van der Waals surface area contributed by atoms with Gasteiger partial charge < -0.3 is 0 Å². The third-order valence-corrected chi connectivity index (χ3v) is 5.16. The molecule has 0 spiro atoms. The fourth-order valence-electron chi connectivity index (χ4n) is 4.17. The maximum absolute atomic E-state index is 2.31. The Balaban J connectivity index is 2.01. The van der Waals surface area contributed by atoms with E-state index in [4.69, 9.17) is 0 Å². The Labute approximate surface area is 136 Å². The van der Waals surface area contributed by atoms with Crippen molar-refractivity contribution in [1.82, 2.24) is 0 Å². The summed E-state index contributed by atoms with van der Waals surface area (Å²) in [6.07, 6.45) is 3.51. The fraction of sp³-hybridized carbons (Fsp3) is 0.130. The van der Waals surface area contributed by atoms with Crippen LogP contribution in [0.4, 0.5) is 0 Å². The molecule has 0 bridgehead atoms. The van der Waals surface area contributed by atoms with Gasteiger partial charge in [-0.1, -0.05) is 72.8 Å². The van der Waals surface area contributed by atoms with Crippen LogP contribution in [0.5, 0.6) is 0 Å². The van der Waals surface area contributed by atoms with E-state index in [0.717, 1.165) is 12.8 Å². The molecule has 0 aliphatic heterocycles. The second kappa shape index (κ2) is 4.96. The summed E-state index contributed by atoms with van der Waals surface area (Å²) in [6.45, 7) is 0. The van der Waals surface area contributed by atoms with Crippen LogP contribution in [0.15, 0.2) is 72.8 Å². The van der Waals surface area contributed by atoms with E-state index < -0.39 is 0 Å². The summed E-state index contributed by atoms with van der Waals surface area (Å²) in [5.74, 6) is 0. The zero-order valence-electron chi connectivity index (χ0n) is 13.0. The van der Waals surface area contributed by atoms with Gasteiger partial charge in [0.2, 0.25) is 0 Å². The third-order valence-electron chi connectivity index (χ3n) is 5.16. The highest BCUT2D eigenvalue weighted by atomic mass is 14.2. The Morgan fingerprint density at radius 3 is 1.39 bits per heavy atom. The first kappa shape index (κ1) is 12.9. The van der Waals surface area contributed by atoms with Crippen LogP contribution < -0.4 is 0 Å². The molecule has 5 rings (SSSR count). The third kappa shape index (κ3) is 1.91. The second-order valence-electron chi connectivity index (χ2n) is 6.50. The molecule has 0 unspecified atom stereocenters. The van der Waals surface area contributed by atoms with Crippen molar-refractivity contribution in [3.8, 4) is 11.1 Å². The standard InChI is InChI=1S/C23H18/c1-6-16-8-2-10-18-12-4-14-20(22(16)18)21-15-5-13-19-11-3-9-17(7-1)23(19)21/h2-5,8-15H,1,6-7H2. The first-order valence-electron chi connectivity index (χ1n) is 8.43. The van der Waals surface area contributed by atoms with Gasteiger partial charge in [-0.3, -0.25) is 0 Å². The van der Waals surface area contributed by atoms with E-state index in [1.165, 1.54) is 50.2 Å². The molecule has 1 aliphatic rings. The molecule has 1 aliphatic carbocycles. The predicted octanol–water partition coefficient (Wildman–Crippen LogP) is 6.15. The zero-order chi connectivity index (χ0) is 15.2. The van der Waals surface area contributed by atoms with E-state index in [1.807, 2.05) is 0 Å². The molecular formula is C23H18. The summed E-state index contributed by atoms with van der Waals surface area (Å²) in [4.78, 5) is 0. The zero-order valence-corrected chi connectivity index (χ0v) is 13.0. The average Bonchev–Trinajstić information content (AvgIpc) is 2.66. The number of hydrogen-bond acceptors (Lipinski definition) is 0. The summed E-state index contributed by atoms with van der Waals surface area (Å²) in [7, 11) is 0. The van der Waals surface area contributed by atoms with Gasteiger partial charge in [0.15, 0.2) is 0 Å². The summed E-state index contributed by atoms with van der Waals surface area (Å²) in [6, 6.07) is 27.0. The Bertz CT molecular complexity index is 944. The quantitative estimate of drug-likeness (QED) is 0.365. The van der Waals surface area contributed by atoms with Gasteiger partial charge >= 0.3 is 0 Å². The number of aryl methyl sites for hydroxylation is 2. The van der Waals surface area contributed by atoms with Gasteiger partial charge in [-0.2, -0.15) is 0 Å². The highest BCUT2D eigenvalue weighted by Crippen LogP contribution is 2.38. The maximum Gasteiger partial charge on any atom is -0.00731 e. The molecule has 0 aromatic heterocycles. The molecule has 0 saturated heterocycles. The maximum atomic E-state index is 2.31. The van der Waals surface area contributed by atoms with Gasteiger partial charge in [0.05, 0.1) is 0 Å². The average molecular weight is 294 g/mol. The lowest BCUT2D eigenvalue weighted by molar-refractivity contribution is 0.831. The summed E-state index contributed by atoms with van der Waals surface area (Å²) in [5.41, 5.74) is 5.75. The molecule has 23 heavy (non-hydrogen) atoms. The summed E-state index contributed by atoms with van der Waals surface area (Å²) in [5, 5.41) is 5.60. The molecule has 0 fully saturated rings. The van der Waals surface area contributed by atoms with Gasteiger partial charge in [0.1, 0.15) is 0 Å². The van der Waals surface area contributed by atoms with Crippen LogP contribution in [0.25, 0.3) is 32.7 Å². The predicted molar refractivity (Wildman–Crippen MR) is 98.9 cm³/mol. The van der Waals surface area contributed by atoms with Crippen molar-refractivity contribution in [3.05, 3.63) is 83.9 Å². The van der Waals surface area contributed by atoms with Crippen molar-refractivity contribution < 1.29 is 0 Å². The van der Waals surface area contributed by atoms with Crippen LogP contribution in [0, 0.1) is 0 Å². The molecule has 0 nitrogen and oxygen atoms in total. The smallest absolute Gasteiger partial charge is 0.00731 e. The minimum Gasteiger partial charge on any atom is -0.0614 e. The van der Waals surface area contributed by atoms with Gasteiger partial charge in [0, 0.05) is 0 Å². The minimum atomic E-state index is 1.15. The first-order valence-corrected chi connectivity index (χ1v) is 8.43. The van der Waals surface area contributed by atoms with Crippen molar-refractivity contribution in [3.63, 3.8) is 0 Å². The lowest BCUT2D eigenvalue weighted by Gasteiger charge is -2.13. The Hall–Kier alpha value is -2.60. The number of hydrogen-bond donors (Lipinski definition) is 0. The molecule has 0 N–H and O–H groups in total. The molecule has 0 heterocycles. The fourth-order valence-corrected chi connectivity index (χ4v) is 4.17. The Kier molecular flexibility index (Phi) is 2.78. The summed E-state index contributed by atoms with van der Waals surface area (Å²) >= 11 is 0. The van der Waals surface area contributed by atoms with Crippen LogP contribution in [0.2, 0.25) is 0 Å². The number of rotatable bonds is 0. The van der Waals surface area contributed by atoms with E-state index in [-0.39, 0.29) is 0 Å². The molecule has 0 amide bonds. The Morgan fingerprint density at radius 2 is 0.913 bits per heavy atom. The first-order chi connectivity index (χ1) is 11.4. The lowest BCUT2D eigenvalue weighted by atomic mass is 9.90. The van der Waals surface area contributed by atoms with Crippen molar-refractivity contribution in [1.29, 1.82) is 0 Å². The van der Waals surface area contributed by atoms with Crippen LogP contribution in [-0.2, 0) is 12.8 Å². The van der Waals surface area contributed by atoms with Gasteiger partial charge in [0.25, 0.3) is 0 Å². The Morgan fingerprint density at radius 1 is 0.478 bits per heavy atom. The van der Waals surface area contributed by atoms with Crippen LogP contribution >= 0.6 is 0 Å². The number of benzene rings is 4. The highest BCUT2D eigenvalue weighted by molar-refractivity contribution is 6.07.